The molecule has 0 aliphatic carbocycles. The van der Waals surface area contributed by atoms with Gasteiger partial charge in [0.2, 0.25) is 5.95 Å². The zero-order valence-electron chi connectivity index (χ0n) is 11.8. The van der Waals surface area contributed by atoms with E-state index < -0.39 is 0 Å². The van der Waals surface area contributed by atoms with Gasteiger partial charge in [-0.3, -0.25) is 0 Å². The molecule has 0 aliphatic rings. The van der Waals surface area contributed by atoms with E-state index in [0.717, 1.165) is 28.5 Å². The number of aromatic nitrogens is 4. The highest BCUT2D eigenvalue weighted by Crippen LogP contribution is 2.31. The summed E-state index contributed by atoms with van der Waals surface area (Å²) in [6.45, 7) is 1.96. The van der Waals surface area contributed by atoms with Crippen LogP contribution in [0.5, 0.6) is 5.75 Å². The first-order valence-electron chi connectivity index (χ1n) is 6.50. The third-order valence-corrected chi connectivity index (χ3v) is 2.98. The van der Waals surface area contributed by atoms with Crippen LogP contribution in [0.1, 0.15) is 5.69 Å². The first-order valence-corrected chi connectivity index (χ1v) is 6.50. The van der Waals surface area contributed by atoms with Gasteiger partial charge in [0.15, 0.2) is 0 Å². The molecule has 1 aromatic carbocycles. The second-order valence-corrected chi connectivity index (χ2v) is 4.53. The number of aryl methyl sites for hydroxylation is 1. The monoisotopic (exact) mass is 281 g/mol. The fourth-order valence-electron chi connectivity index (χ4n) is 2.01. The van der Waals surface area contributed by atoms with Crippen molar-refractivity contribution in [1.29, 1.82) is 0 Å². The number of H-pyrrole nitrogens is 1. The minimum absolute atomic E-state index is 0.543. The van der Waals surface area contributed by atoms with Gasteiger partial charge in [-0.25, -0.2) is 15.0 Å². The molecule has 0 bridgehead atoms. The van der Waals surface area contributed by atoms with Crippen molar-refractivity contribution in [2.24, 2.45) is 0 Å². The summed E-state index contributed by atoms with van der Waals surface area (Å²) < 4.78 is 5.45. The topological polar surface area (TPSA) is 75.7 Å². The van der Waals surface area contributed by atoms with Gasteiger partial charge in [0, 0.05) is 36.0 Å². The Morgan fingerprint density at radius 3 is 2.62 bits per heavy atom. The number of imidazole rings is 1. The number of anilines is 2. The molecule has 3 rings (SSSR count). The molecule has 0 atom stereocenters. The summed E-state index contributed by atoms with van der Waals surface area (Å²) >= 11 is 0. The minimum Gasteiger partial charge on any atom is -0.496 e. The van der Waals surface area contributed by atoms with Gasteiger partial charge in [0.1, 0.15) is 11.6 Å². The summed E-state index contributed by atoms with van der Waals surface area (Å²) in [5.41, 5.74) is 2.77. The van der Waals surface area contributed by atoms with Crippen molar-refractivity contribution >= 4 is 11.6 Å². The van der Waals surface area contributed by atoms with E-state index in [9.17, 15) is 0 Å². The zero-order valence-corrected chi connectivity index (χ0v) is 11.8. The van der Waals surface area contributed by atoms with Crippen LogP contribution in [0.4, 0.5) is 11.6 Å². The molecule has 0 radical (unpaired) electrons. The number of methoxy groups -OCH3 is 1. The molecular weight excluding hydrogens is 266 g/mol. The Hall–Kier alpha value is -2.89. The Balaban J connectivity index is 1.92. The van der Waals surface area contributed by atoms with Crippen LogP contribution in [-0.4, -0.2) is 27.0 Å². The van der Waals surface area contributed by atoms with Crippen LogP contribution in [0, 0.1) is 6.92 Å². The van der Waals surface area contributed by atoms with E-state index in [4.69, 9.17) is 4.74 Å². The summed E-state index contributed by atoms with van der Waals surface area (Å²) in [6.07, 6.45) is 5.16. The number of hydrogen-bond acceptors (Lipinski definition) is 5. The van der Waals surface area contributed by atoms with Crippen LogP contribution in [0.15, 0.2) is 42.9 Å². The van der Waals surface area contributed by atoms with Gasteiger partial charge >= 0.3 is 0 Å². The number of rotatable bonds is 4. The number of nitrogens with one attached hydrogen (secondary N) is 2. The average molecular weight is 281 g/mol. The van der Waals surface area contributed by atoms with Crippen molar-refractivity contribution in [2.75, 3.05) is 12.4 Å². The molecule has 2 aromatic heterocycles. The Morgan fingerprint density at radius 2 is 1.95 bits per heavy atom. The lowest BCUT2D eigenvalue weighted by Gasteiger charge is -2.10. The van der Waals surface area contributed by atoms with E-state index in [1.54, 1.807) is 31.8 Å². The van der Waals surface area contributed by atoms with Crippen molar-refractivity contribution in [3.8, 4) is 17.1 Å². The number of aromatic amines is 1. The molecule has 2 heterocycles. The number of hydrogen-bond donors (Lipinski definition) is 2. The van der Waals surface area contributed by atoms with Gasteiger partial charge in [0.05, 0.1) is 12.7 Å². The smallest absolute Gasteiger partial charge is 0.227 e. The van der Waals surface area contributed by atoms with Crippen LogP contribution < -0.4 is 10.1 Å². The highest BCUT2D eigenvalue weighted by Gasteiger charge is 2.10. The zero-order chi connectivity index (χ0) is 14.7. The van der Waals surface area contributed by atoms with E-state index in [0.29, 0.717) is 5.95 Å². The predicted molar refractivity (Wildman–Crippen MR) is 80.6 cm³/mol. The van der Waals surface area contributed by atoms with E-state index in [-0.39, 0.29) is 0 Å². The lowest BCUT2D eigenvalue weighted by Crippen LogP contribution is -1.97. The highest BCUT2D eigenvalue weighted by atomic mass is 16.5. The van der Waals surface area contributed by atoms with E-state index in [1.807, 2.05) is 25.1 Å². The molecule has 0 fully saturated rings. The standard InChI is InChI=1S/C15H15N5O/c1-10-9-18-14(19-10)12-5-4-11(8-13(12)21-2)20-15-16-6-3-7-17-15/h3-9H,1-2H3,(H,18,19)(H,16,17,20). The number of ether oxygens (including phenoxy) is 1. The fraction of sp³-hybridized carbons (Fsp3) is 0.133. The summed E-state index contributed by atoms with van der Waals surface area (Å²) in [6, 6.07) is 7.55. The van der Waals surface area contributed by atoms with Crippen molar-refractivity contribution in [2.45, 2.75) is 6.92 Å². The van der Waals surface area contributed by atoms with Crippen molar-refractivity contribution < 1.29 is 4.74 Å². The van der Waals surface area contributed by atoms with Crippen LogP contribution in [-0.2, 0) is 0 Å². The molecule has 6 heteroatoms. The van der Waals surface area contributed by atoms with E-state index >= 15 is 0 Å². The molecule has 0 unspecified atom stereocenters. The maximum atomic E-state index is 5.45. The quantitative estimate of drug-likeness (QED) is 0.769. The fourth-order valence-corrected chi connectivity index (χ4v) is 2.01. The molecule has 0 spiro atoms. The second kappa shape index (κ2) is 5.62. The van der Waals surface area contributed by atoms with Crippen molar-refractivity contribution in [3.63, 3.8) is 0 Å². The highest BCUT2D eigenvalue weighted by molar-refractivity contribution is 5.70. The molecule has 6 nitrogen and oxygen atoms in total. The Morgan fingerprint density at radius 1 is 1.14 bits per heavy atom. The Bertz CT molecular complexity index is 739. The van der Waals surface area contributed by atoms with Gasteiger partial charge in [-0.05, 0) is 25.1 Å². The minimum atomic E-state index is 0.543. The normalized spacial score (nSPS) is 10.4. The average Bonchev–Trinajstić information content (AvgIpc) is 2.94. The van der Waals surface area contributed by atoms with Crippen LogP contribution in [0.25, 0.3) is 11.4 Å². The Kier molecular flexibility index (Phi) is 3.51. The van der Waals surface area contributed by atoms with Crippen molar-refractivity contribution in [3.05, 3.63) is 48.5 Å². The summed E-state index contributed by atoms with van der Waals surface area (Å²) in [5, 5.41) is 3.13. The Labute approximate surface area is 122 Å². The lowest BCUT2D eigenvalue weighted by molar-refractivity contribution is 0.416. The van der Waals surface area contributed by atoms with Gasteiger partial charge in [-0.15, -0.1) is 0 Å². The number of nitrogens with zero attached hydrogens (tertiary/aromatic N) is 3. The summed E-state index contributed by atoms with van der Waals surface area (Å²) in [7, 11) is 1.64. The molecule has 0 aliphatic heterocycles. The first-order chi connectivity index (χ1) is 10.3. The predicted octanol–water partition coefficient (Wildman–Crippen LogP) is 2.93. The summed E-state index contributed by atoms with van der Waals surface area (Å²) in [4.78, 5) is 15.8. The lowest BCUT2D eigenvalue weighted by atomic mass is 10.1. The molecule has 21 heavy (non-hydrogen) atoms. The maximum absolute atomic E-state index is 5.45. The van der Waals surface area contributed by atoms with Gasteiger partial charge < -0.3 is 15.0 Å². The third-order valence-electron chi connectivity index (χ3n) is 2.98. The largest absolute Gasteiger partial charge is 0.496 e. The van der Waals surface area contributed by atoms with E-state index in [2.05, 4.69) is 25.3 Å². The van der Waals surface area contributed by atoms with Crippen LogP contribution in [0.3, 0.4) is 0 Å². The molecule has 0 amide bonds. The van der Waals surface area contributed by atoms with Gasteiger partial charge in [-0.1, -0.05) is 0 Å². The van der Waals surface area contributed by atoms with Crippen molar-refractivity contribution in [1.82, 2.24) is 19.9 Å². The summed E-state index contributed by atoms with van der Waals surface area (Å²) in [5.74, 6) is 2.05. The van der Waals surface area contributed by atoms with E-state index in [1.165, 1.54) is 0 Å². The third kappa shape index (κ3) is 2.84. The first kappa shape index (κ1) is 13.1. The maximum Gasteiger partial charge on any atom is 0.227 e. The number of benzene rings is 1. The molecule has 0 saturated heterocycles. The molecular formula is C15H15N5O. The molecule has 3 aromatic rings. The van der Waals surface area contributed by atoms with Crippen LogP contribution >= 0.6 is 0 Å². The molecule has 106 valence electrons. The second-order valence-electron chi connectivity index (χ2n) is 4.53. The van der Waals surface area contributed by atoms with Gasteiger partial charge in [0.25, 0.3) is 0 Å². The molecule has 0 saturated carbocycles. The van der Waals surface area contributed by atoms with Gasteiger partial charge in [-0.2, -0.15) is 0 Å². The molecule has 2 N–H and O–H groups in total. The van der Waals surface area contributed by atoms with Crippen LogP contribution in [0.2, 0.25) is 0 Å². The SMILES string of the molecule is COc1cc(Nc2ncccn2)ccc1-c1ncc(C)[nH]1.